The highest BCUT2D eigenvalue weighted by Gasteiger charge is 2.64. The zero-order valence-electron chi connectivity index (χ0n) is 12.1. The van der Waals surface area contributed by atoms with E-state index in [0.29, 0.717) is 18.4 Å². The van der Waals surface area contributed by atoms with Crippen LogP contribution in [0.2, 0.25) is 0 Å². The van der Waals surface area contributed by atoms with E-state index in [-0.39, 0.29) is 5.78 Å². The van der Waals surface area contributed by atoms with Crippen LogP contribution < -0.4 is 0 Å². The summed E-state index contributed by atoms with van der Waals surface area (Å²) in [6, 6.07) is 0. The van der Waals surface area contributed by atoms with Crippen molar-refractivity contribution in [3.8, 4) is 0 Å². The Kier molecular flexibility index (Phi) is 3.20. The molecule has 0 aromatic carbocycles. The van der Waals surface area contributed by atoms with E-state index in [1.165, 1.54) is 6.08 Å². The molecule has 19 heavy (non-hydrogen) atoms. The van der Waals surface area contributed by atoms with Gasteiger partial charge in [0.15, 0.2) is 5.78 Å². The maximum atomic E-state index is 12.4. The number of rotatable bonds is 1. The summed E-state index contributed by atoms with van der Waals surface area (Å²) in [5.41, 5.74) is -2.21. The smallest absolute Gasteiger partial charge is 0.160 e. The van der Waals surface area contributed by atoms with Crippen molar-refractivity contribution in [2.45, 2.75) is 52.2 Å². The lowest BCUT2D eigenvalue weighted by atomic mass is 9.46. The minimum atomic E-state index is -1.39. The monoisotopic (exact) mass is 268 g/mol. The van der Waals surface area contributed by atoms with Gasteiger partial charge in [-0.25, -0.2) is 0 Å². The molecular formula is C15H24O4. The van der Waals surface area contributed by atoms with Crippen LogP contribution in [0.25, 0.3) is 0 Å². The second-order valence-electron chi connectivity index (χ2n) is 6.97. The van der Waals surface area contributed by atoms with E-state index in [2.05, 4.69) is 0 Å². The average Bonchev–Trinajstić information content (AvgIpc) is 2.31. The van der Waals surface area contributed by atoms with Gasteiger partial charge in [0.05, 0.1) is 12.7 Å². The lowest BCUT2D eigenvalue weighted by Crippen LogP contribution is -2.65. The van der Waals surface area contributed by atoms with E-state index < -0.39 is 35.1 Å². The first kappa shape index (κ1) is 14.7. The maximum absolute atomic E-state index is 12.4. The molecule has 4 unspecified atom stereocenters. The number of carbonyl (C=O) groups is 1. The molecule has 2 rings (SSSR count). The molecule has 0 aromatic rings. The Balaban J connectivity index is 2.63. The van der Waals surface area contributed by atoms with Crippen LogP contribution in [0.3, 0.4) is 0 Å². The Bertz CT molecular complexity index is 439. The van der Waals surface area contributed by atoms with Crippen LogP contribution in [-0.2, 0) is 4.79 Å². The molecular weight excluding hydrogens is 244 g/mol. The standard InChI is InChI=1S/C15H24O4/c1-9-7-10(17)12-13(2,3)11(18)5-6-14(12,4)15(9,19)8-16/h7,11-12,16,18-19H,5-6,8H2,1-4H3. The van der Waals surface area contributed by atoms with Gasteiger partial charge in [0.2, 0.25) is 0 Å². The van der Waals surface area contributed by atoms with Crippen molar-refractivity contribution in [1.29, 1.82) is 0 Å². The Morgan fingerprint density at radius 3 is 2.47 bits per heavy atom. The summed E-state index contributed by atoms with van der Waals surface area (Å²) in [6.07, 6.45) is 1.92. The molecule has 1 fully saturated rings. The molecule has 1 saturated carbocycles. The maximum Gasteiger partial charge on any atom is 0.160 e. The number of fused-ring (bicyclic) bond motifs is 1. The van der Waals surface area contributed by atoms with Crippen molar-refractivity contribution in [2.24, 2.45) is 16.7 Å². The average molecular weight is 268 g/mol. The van der Waals surface area contributed by atoms with Gasteiger partial charge in [-0.2, -0.15) is 0 Å². The number of ketones is 1. The first-order valence-corrected chi connectivity index (χ1v) is 6.85. The Hall–Kier alpha value is -0.710. The summed E-state index contributed by atoms with van der Waals surface area (Å²) >= 11 is 0. The third-order valence-electron chi connectivity index (χ3n) is 5.65. The molecule has 0 spiro atoms. The minimum absolute atomic E-state index is 0.0538. The van der Waals surface area contributed by atoms with Crippen molar-refractivity contribution >= 4 is 5.78 Å². The molecule has 4 atom stereocenters. The Labute approximate surface area is 114 Å². The van der Waals surface area contributed by atoms with Crippen LogP contribution in [0.15, 0.2) is 11.6 Å². The summed E-state index contributed by atoms with van der Waals surface area (Å²) in [7, 11) is 0. The topological polar surface area (TPSA) is 77.8 Å². The molecule has 2 aliphatic rings. The summed E-state index contributed by atoms with van der Waals surface area (Å²) in [6.45, 7) is 6.87. The molecule has 4 nitrogen and oxygen atoms in total. The summed E-state index contributed by atoms with van der Waals surface area (Å²) in [5, 5.41) is 30.8. The highest BCUT2D eigenvalue weighted by atomic mass is 16.3. The van der Waals surface area contributed by atoms with Gasteiger partial charge in [0.1, 0.15) is 5.60 Å². The Morgan fingerprint density at radius 2 is 1.95 bits per heavy atom. The number of hydrogen-bond donors (Lipinski definition) is 3. The van der Waals surface area contributed by atoms with E-state index >= 15 is 0 Å². The second-order valence-corrected chi connectivity index (χ2v) is 6.97. The first-order valence-electron chi connectivity index (χ1n) is 6.85. The Morgan fingerprint density at radius 1 is 1.37 bits per heavy atom. The molecule has 4 heteroatoms. The van der Waals surface area contributed by atoms with Crippen molar-refractivity contribution in [1.82, 2.24) is 0 Å². The number of aliphatic hydroxyl groups is 3. The predicted molar refractivity (Wildman–Crippen MR) is 71.4 cm³/mol. The van der Waals surface area contributed by atoms with Crippen molar-refractivity contribution in [2.75, 3.05) is 6.61 Å². The fourth-order valence-corrected chi connectivity index (χ4v) is 4.26. The second kappa shape index (κ2) is 4.14. The van der Waals surface area contributed by atoms with Crippen LogP contribution >= 0.6 is 0 Å². The van der Waals surface area contributed by atoms with Gasteiger partial charge < -0.3 is 15.3 Å². The highest BCUT2D eigenvalue weighted by molar-refractivity contribution is 5.95. The number of allylic oxidation sites excluding steroid dienone is 1. The SMILES string of the molecule is CC1=CC(=O)C2C(C)(C)C(O)CCC2(C)C1(O)CO. The van der Waals surface area contributed by atoms with E-state index in [1.54, 1.807) is 6.92 Å². The molecule has 0 amide bonds. The third-order valence-corrected chi connectivity index (χ3v) is 5.65. The molecule has 0 heterocycles. The zero-order valence-corrected chi connectivity index (χ0v) is 12.1. The number of aliphatic hydroxyl groups excluding tert-OH is 2. The lowest BCUT2D eigenvalue weighted by Gasteiger charge is -2.59. The van der Waals surface area contributed by atoms with E-state index in [0.717, 1.165) is 0 Å². The summed E-state index contributed by atoms with van der Waals surface area (Å²) < 4.78 is 0. The number of hydrogen-bond acceptors (Lipinski definition) is 4. The van der Waals surface area contributed by atoms with E-state index in [4.69, 9.17) is 0 Å². The van der Waals surface area contributed by atoms with Gasteiger partial charge in [0.25, 0.3) is 0 Å². The third kappa shape index (κ3) is 1.66. The molecule has 0 saturated heterocycles. The van der Waals surface area contributed by atoms with Crippen LogP contribution in [0.1, 0.15) is 40.5 Å². The molecule has 108 valence electrons. The summed E-state index contributed by atoms with van der Waals surface area (Å²) in [4.78, 5) is 12.4. The molecule has 0 bridgehead atoms. The van der Waals surface area contributed by atoms with Crippen LogP contribution in [0.4, 0.5) is 0 Å². The summed E-state index contributed by atoms with van der Waals surface area (Å²) in [5.74, 6) is -0.536. The van der Waals surface area contributed by atoms with Crippen molar-refractivity contribution in [3.63, 3.8) is 0 Å². The van der Waals surface area contributed by atoms with Gasteiger partial charge in [-0.05, 0) is 31.4 Å². The molecule has 0 aliphatic heterocycles. The van der Waals surface area contributed by atoms with Crippen molar-refractivity contribution < 1.29 is 20.1 Å². The minimum Gasteiger partial charge on any atom is -0.393 e. The van der Waals surface area contributed by atoms with Crippen molar-refractivity contribution in [3.05, 3.63) is 11.6 Å². The normalized spacial score (nSPS) is 45.6. The fourth-order valence-electron chi connectivity index (χ4n) is 4.26. The van der Waals surface area contributed by atoms with Crippen LogP contribution in [0.5, 0.6) is 0 Å². The highest BCUT2D eigenvalue weighted by Crippen LogP contribution is 2.59. The van der Waals surface area contributed by atoms with Gasteiger partial charge in [-0.3, -0.25) is 4.79 Å². The van der Waals surface area contributed by atoms with Crippen LogP contribution in [-0.4, -0.2) is 39.4 Å². The molecule has 0 radical (unpaired) electrons. The van der Waals surface area contributed by atoms with Gasteiger partial charge in [0, 0.05) is 16.7 Å². The zero-order chi connectivity index (χ0) is 14.6. The van der Waals surface area contributed by atoms with E-state index in [9.17, 15) is 20.1 Å². The first-order chi connectivity index (χ1) is 8.61. The van der Waals surface area contributed by atoms with E-state index in [1.807, 2.05) is 20.8 Å². The van der Waals surface area contributed by atoms with Gasteiger partial charge >= 0.3 is 0 Å². The number of carbonyl (C=O) groups excluding carboxylic acids is 1. The largest absolute Gasteiger partial charge is 0.393 e. The van der Waals surface area contributed by atoms with Gasteiger partial charge in [-0.1, -0.05) is 20.8 Å². The molecule has 0 aromatic heterocycles. The fraction of sp³-hybridized carbons (Fsp3) is 0.800. The lowest BCUT2D eigenvalue weighted by molar-refractivity contribution is -0.191. The van der Waals surface area contributed by atoms with Gasteiger partial charge in [-0.15, -0.1) is 0 Å². The quantitative estimate of drug-likeness (QED) is 0.664. The molecule has 2 aliphatic carbocycles. The molecule has 3 N–H and O–H groups in total. The predicted octanol–water partition coefficient (Wildman–Crippen LogP) is 1.04. The van der Waals surface area contributed by atoms with Crippen LogP contribution in [0, 0.1) is 16.7 Å².